The molecule has 0 aliphatic carbocycles. The van der Waals surface area contributed by atoms with Gasteiger partial charge in [0, 0.05) is 10.8 Å². The minimum atomic E-state index is 0.967. The topological polar surface area (TPSA) is 17.8 Å². The molecule has 0 saturated carbocycles. The van der Waals surface area contributed by atoms with Crippen molar-refractivity contribution in [3.63, 3.8) is 0 Å². The van der Waals surface area contributed by atoms with Gasteiger partial charge in [-0.3, -0.25) is 4.57 Å². The molecule has 2 heterocycles. The highest BCUT2D eigenvalue weighted by Gasteiger charge is 2.11. The summed E-state index contributed by atoms with van der Waals surface area (Å²) < 4.78 is 3.23. The normalized spacial score (nSPS) is 11.2. The molecule has 3 heteroatoms. The fraction of sp³-hybridized carbons (Fsp3) is 0. The lowest BCUT2D eigenvalue weighted by Crippen LogP contribution is -1.97. The minimum Gasteiger partial charge on any atom is -0.294 e. The Labute approximate surface area is 130 Å². The summed E-state index contributed by atoms with van der Waals surface area (Å²) >= 11 is 2.25. The molecule has 0 atom stereocenters. The lowest BCUT2D eigenvalue weighted by molar-refractivity contribution is 1.06. The van der Waals surface area contributed by atoms with Gasteiger partial charge in [-0.15, -0.1) is 0 Å². The van der Waals surface area contributed by atoms with Crippen molar-refractivity contribution in [2.24, 2.45) is 0 Å². The summed E-state index contributed by atoms with van der Waals surface area (Å²) in [5.74, 6) is 0.967. The van der Waals surface area contributed by atoms with E-state index in [2.05, 4.69) is 86.7 Å². The van der Waals surface area contributed by atoms with Crippen LogP contribution in [0.1, 0.15) is 0 Å². The maximum atomic E-state index is 4.67. The maximum Gasteiger partial charge on any atom is 0.138 e. The van der Waals surface area contributed by atoms with E-state index in [4.69, 9.17) is 0 Å². The van der Waals surface area contributed by atoms with Crippen molar-refractivity contribution in [1.29, 1.82) is 0 Å². The predicted octanol–water partition coefficient (Wildman–Crippen LogP) is 4.78. The molecule has 2 aromatic carbocycles. The van der Waals surface area contributed by atoms with E-state index in [0.29, 0.717) is 0 Å². The van der Waals surface area contributed by atoms with Gasteiger partial charge >= 0.3 is 0 Å². The number of pyridine rings is 1. The quantitative estimate of drug-likeness (QED) is 0.348. The summed E-state index contributed by atoms with van der Waals surface area (Å²) in [6, 6.07) is 23.1. The SMILES string of the molecule is Ic1cccc(-n2c3ccccc3c3ccccc32)n1. The van der Waals surface area contributed by atoms with Crippen LogP contribution in [-0.4, -0.2) is 9.55 Å². The first-order valence-electron chi connectivity index (χ1n) is 6.46. The third-order valence-electron chi connectivity index (χ3n) is 3.51. The molecule has 0 bridgehead atoms. The van der Waals surface area contributed by atoms with Crippen molar-refractivity contribution in [3.05, 3.63) is 70.4 Å². The van der Waals surface area contributed by atoms with E-state index in [1.165, 1.54) is 21.8 Å². The molecule has 0 aliphatic rings. The van der Waals surface area contributed by atoms with Crippen LogP contribution in [0.4, 0.5) is 0 Å². The number of benzene rings is 2. The highest BCUT2D eigenvalue weighted by Crippen LogP contribution is 2.30. The fourth-order valence-corrected chi connectivity index (χ4v) is 3.15. The number of para-hydroxylation sites is 2. The van der Waals surface area contributed by atoms with Crippen LogP contribution in [0.3, 0.4) is 0 Å². The van der Waals surface area contributed by atoms with Gasteiger partial charge in [0.1, 0.15) is 9.52 Å². The summed E-state index contributed by atoms with van der Waals surface area (Å²) in [5, 5.41) is 2.53. The second-order valence-electron chi connectivity index (χ2n) is 4.69. The largest absolute Gasteiger partial charge is 0.294 e. The Morgan fingerprint density at radius 1 is 0.700 bits per heavy atom. The monoisotopic (exact) mass is 370 g/mol. The number of hydrogen-bond acceptors (Lipinski definition) is 1. The fourth-order valence-electron chi connectivity index (χ4n) is 2.69. The van der Waals surface area contributed by atoms with Crippen molar-refractivity contribution in [2.75, 3.05) is 0 Å². The predicted molar refractivity (Wildman–Crippen MR) is 91.3 cm³/mol. The number of fused-ring (bicyclic) bond motifs is 3. The Bertz CT molecular complexity index is 871. The third kappa shape index (κ3) is 1.73. The number of nitrogens with zero attached hydrogens (tertiary/aromatic N) is 2. The van der Waals surface area contributed by atoms with Gasteiger partial charge in [0.2, 0.25) is 0 Å². The number of aromatic nitrogens is 2. The van der Waals surface area contributed by atoms with E-state index >= 15 is 0 Å². The smallest absolute Gasteiger partial charge is 0.138 e. The van der Waals surface area contributed by atoms with Gasteiger partial charge in [-0.25, -0.2) is 4.98 Å². The Balaban J connectivity index is 2.21. The molecule has 0 fully saturated rings. The first-order chi connectivity index (χ1) is 9.84. The first-order valence-corrected chi connectivity index (χ1v) is 7.53. The van der Waals surface area contributed by atoms with E-state index < -0.39 is 0 Å². The van der Waals surface area contributed by atoms with Crippen LogP contribution in [0.15, 0.2) is 66.7 Å². The molecule has 2 nitrogen and oxygen atoms in total. The average Bonchev–Trinajstić information content (AvgIpc) is 2.82. The maximum absolute atomic E-state index is 4.67. The molecule has 0 amide bonds. The van der Waals surface area contributed by atoms with Crippen LogP contribution in [0.25, 0.3) is 27.6 Å². The molecular formula is C17H11IN2. The van der Waals surface area contributed by atoms with Crippen molar-refractivity contribution >= 4 is 44.4 Å². The standard InChI is InChI=1S/C17H11IN2/c18-16-10-5-11-17(19-16)20-14-8-3-1-6-12(14)13-7-2-4-9-15(13)20/h1-11H. The molecule has 20 heavy (non-hydrogen) atoms. The van der Waals surface area contributed by atoms with E-state index in [9.17, 15) is 0 Å². The number of rotatable bonds is 1. The van der Waals surface area contributed by atoms with E-state index in [1.807, 2.05) is 12.1 Å². The molecule has 0 aliphatic heterocycles. The van der Waals surface area contributed by atoms with Crippen molar-refractivity contribution in [3.8, 4) is 5.82 Å². The van der Waals surface area contributed by atoms with Gasteiger partial charge in [-0.2, -0.15) is 0 Å². The number of halogens is 1. The van der Waals surface area contributed by atoms with Gasteiger partial charge < -0.3 is 0 Å². The molecular weight excluding hydrogens is 359 g/mol. The molecule has 0 radical (unpaired) electrons. The van der Waals surface area contributed by atoms with E-state index in [-0.39, 0.29) is 0 Å². The van der Waals surface area contributed by atoms with Crippen LogP contribution in [0.2, 0.25) is 0 Å². The Morgan fingerprint density at radius 2 is 1.30 bits per heavy atom. The highest BCUT2D eigenvalue weighted by atomic mass is 127. The Hall–Kier alpha value is -1.88. The summed E-state index contributed by atoms with van der Waals surface area (Å²) in [4.78, 5) is 4.67. The van der Waals surface area contributed by atoms with E-state index in [1.54, 1.807) is 0 Å². The third-order valence-corrected chi connectivity index (χ3v) is 4.11. The lowest BCUT2D eigenvalue weighted by Gasteiger charge is -2.06. The molecule has 2 aromatic heterocycles. The minimum absolute atomic E-state index is 0.967. The average molecular weight is 370 g/mol. The van der Waals surface area contributed by atoms with Crippen molar-refractivity contribution in [2.45, 2.75) is 0 Å². The first kappa shape index (κ1) is 11.9. The summed E-state index contributed by atoms with van der Waals surface area (Å²) in [6.07, 6.45) is 0. The molecule has 0 N–H and O–H groups in total. The van der Waals surface area contributed by atoms with Gasteiger partial charge in [0.15, 0.2) is 0 Å². The molecule has 4 aromatic rings. The second-order valence-corrected chi connectivity index (χ2v) is 5.79. The van der Waals surface area contributed by atoms with Gasteiger partial charge in [-0.05, 0) is 46.9 Å². The summed E-state index contributed by atoms with van der Waals surface area (Å²) in [7, 11) is 0. The van der Waals surface area contributed by atoms with E-state index in [0.717, 1.165) is 9.52 Å². The molecule has 96 valence electrons. The van der Waals surface area contributed by atoms with Crippen LogP contribution < -0.4 is 0 Å². The Morgan fingerprint density at radius 3 is 1.90 bits per heavy atom. The molecule has 0 unspecified atom stereocenters. The van der Waals surface area contributed by atoms with Crippen molar-refractivity contribution < 1.29 is 0 Å². The zero-order chi connectivity index (χ0) is 13.5. The summed E-state index contributed by atoms with van der Waals surface area (Å²) in [5.41, 5.74) is 2.39. The molecule has 0 saturated heterocycles. The van der Waals surface area contributed by atoms with Gasteiger partial charge in [-0.1, -0.05) is 42.5 Å². The van der Waals surface area contributed by atoms with Gasteiger partial charge in [0.25, 0.3) is 0 Å². The van der Waals surface area contributed by atoms with Crippen LogP contribution in [0, 0.1) is 3.70 Å². The zero-order valence-corrected chi connectivity index (χ0v) is 12.8. The van der Waals surface area contributed by atoms with Crippen LogP contribution >= 0.6 is 22.6 Å². The van der Waals surface area contributed by atoms with Crippen LogP contribution in [-0.2, 0) is 0 Å². The lowest BCUT2D eigenvalue weighted by atomic mass is 10.2. The molecule has 0 spiro atoms. The second kappa shape index (κ2) is 4.59. The highest BCUT2D eigenvalue weighted by molar-refractivity contribution is 14.1. The van der Waals surface area contributed by atoms with Crippen LogP contribution in [0.5, 0.6) is 0 Å². The molecule has 4 rings (SSSR count). The number of hydrogen-bond donors (Lipinski definition) is 0. The zero-order valence-electron chi connectivity index (χ0n) is 10.6. The van der Waals surface area contributed by atoms with Crippen molar-refractivity contribution in [1.82, 2.24) is 9.55 Å². The van der Waals surface area contributed by atoms with Gasteiger partial charge in [0.05, 0.1) is 11.0 Å². The summed E-state index contributed by atoms with van der Waals surface area (Å²) in [6.45, 7) is 0. The Kier molecular flexibility index (Phi) is 2.73.